The Morgan fingerprint density at radius 3 is 1.94 bits per heavy atom. The third-order valence-electron chi connectivity index (χ3n) is 11.5. The molecule has 7 heterocycles. The number of halogens is 3. The molecule has 276 valence electrons. The van der Waals surface area contributed by atoms with E-state index in [1.54, 1.807) is 17.5 Å². The van der Waals surface area contributed by atoms with E-state index in [0.717, 1.165) is 48.3 Å². The third-order valence-corrected chi connectivity index (χ3v) is 12.7. The Morgan fingerprint density at radius 1 is 0.698 bits per heavy atom. The summed E-state index contributed by atoms with van der Waals surface area (Å²) in [4.78, 5) is 37.6. The van der Waals surface area contributed by atoms with Gasteiger partial charge < -0.3 is 36.1 Å². The molecule has 0 atom stereocenters. The molecule has 16 heteroatoms. The van der Waals surface area contributed by atoms with Crippen LogP contribution >= 0.6 is 43.5 Å². The lowest BCUT2D eigenvalue weighted by Gasteiger charge is -2.38. The van der Waals surface area contributed by atoms with Gasteiger partial charge in [-0.15, -0.1) is 0 Å². The predicted molar refractivity (Wildman–Crippen MR) is 218 cm³/mol. The van der Waals surface area contributed by atoms with Gasteiger partial charge in [-0.1, -0.05) is 55.6 Å². The number of aromatic amines is 2. The summed E-state index contributed by atoms with van der Waals surface area (Å²) < 4.78 is 2.30. The number of piperidine rings is 2. The van der Waals surface area contributed by atoms with Crippen molar-refractivity contribution in [2.45, 2.75) is 49.4 Å². The monoisotopic (exact) mass is 861 g/mol. The highest BCUT2D eigenvalue weighted by Gasteiger charge is 2.45. The Morgan fingerprint density at radius 2 is 1.26 bits per heavy atom. The molecule has 2 aromatic carbocycles. The van der Waals surface area contributed by atoms with Crippen molar-refractivity contribution in [3.05, 3.63) is 79.8 Å². The van der Waals surface area contributed by atoms with Crippen LogP contribution in [0.3, 0.4) is 0 Å². The van der Waals surface area contributed by atoms with E-state index in [9.17, 15) is 0 Å². The Bertz CT molecular complexity index is 2270. The zero-order valence-electron chi connectivity index (χ0n) is 29.7. The van der Waals surface area contributed by atoms with Gasteiger partial charge >= 0.3 is 0 Å². The minimum absolute atomic E-state index is 0.134. The van der Waals surface area contributed by atoms with Crippen LogP contribution in [-0.4, -0.2) is 96.5 Å². The number of H-pyrrole nitrogens is 2. The van der Waals surface area contributed by atoms with Crippen molar-refractivity contribution < 1.29 is 0 Å². The highest BCUT2D eigenvalue weighted by molar-refractivity contribution is 9.10. The van der Waals surface area contributed by atoms with E-state index in [2.05, 4.69) is 137 Å². The Hall–Kier alpha value is -3.89. The first kappa shape index (κ1) is 36.1. The van der Waals surface area contributed by atoms with Crippen LogP contribution in [0.4, 0.5) is 23.4 Å². The zero-order chi connectivity index (χ0) is 36.9. The van der Waals surface area contributed by atoms with Gasteiger partial charge in [0, 0.05) is 26.6 Å². The summed E-state index contributed by atoms with van der Waals surface area (Å²) in [5.41, 5.74) is 20.3. The summed E-state index contributed by atoms with van der Waals surface area (Å²) in [5, 5.41) is 0.296. The van der Waals surface area contributed by atoms with Crippen LogP contribution in [0.25, 0.3) is 22.3 Å². The normalized spacial score (nSPS) is 18.8. The van der Waals surface area contributed by atoms with Gasteiger partial charge in [-0.25, -0.2) is 9.97 Å². The molecule has 0 radical (unpaired) electrons. The second-order valence-electron chi connectivity index (χ2n) is 14.7. The number of nitrogens with two attached hydrogens (primary N) is 2. The van der Waals surface area contributed by atoms with Crippen LogP contribution in [-0.2, 0) is 17.3 Å². The predicted octanol–water partition coefficient (Wildman–Crippen LogP) is 6.76. The second kappa shape index (κ2) is 14.4. The standard InChI is InChI=1S/C18H20BrN7.C14H18BrN.C5H4ClN5/c1-25-6-4-18(5-7-25)9-26(13-8-11(19)2-3-12(13)18)16-14-15(22-10-21-14)23-17(20)24-16;1-16-8-6-14(7-9-16)5-4-11-10-12(15)2-3-13(11)14;6-3-2-4(9-1-8-2)11-5(7)10-3/h2-3,8,10H,4-7,9H2,1H3,(H3,20,21,22,23,24);2-3,10H,4-9H2,1H3;1H,(H3,7,8,9,10,11). The molecule has 0 unspecified atom stereocenters. The number of benzene rings is 2. The van der Waals surface area contributed by atoms with Crippen molar-refractivity contribution in [1.82, 2.24) is 49.7 Å². The van der Waals surface area contributed by atoms with Gasteiger partial charge in [0.1, 0.15) is 11.0 Å². The van der Waals surface area contributed by atoms with Crippen LogP contribution in [0, 0.1) is 0 Å². The van der Waals surface area contributed by atoms with E-state index in [4.69, 9.17) is 23.1 Å². The molecule has 2 saturated heterocycles. The van der Waals surface area contributed by atoms with Crippen molar-refractivity contribution in [2.24, 2.45) is 0 Å². The number of aromatic nitrogens is 8. The van der Waals surface area contributed by atoms with E-state index >= 15 is 0 Å². The lowest BCUT2D eigenvalue weighted by atomic mass is 9.74. The average Bonchev–Trinajstić information content (AvgIpc) is 3.94. The van der Waals surface area contributed by atoms with Crippen molar-refractivity contribution in [1.29, 1.82) is 0 Å². The highest BCUT2D eigenvalue weighted by Crippen LogP contribution is 2.51. The fourth-order valence-corrected chi connectivity index (χ4v) is 9.50. The molecule has 13 nitrogen and oxygen atoms in total. The van der Waals surface area contributed by atoms with Crippen molar-refractivity contribution in [3.63, 3.8) is 0 Å². The number of anilines is 4. The number of nitrogens with one attached hydrogen (secondary N) is 2. The third kappa shape index (κ3) is 6.97. The largest absolute Gasteiger partial charge is 0.368 e. The van der Waals surface area contributed by atoms with E-state index in [1.807, 2.05) is 0 Å². The van der Waals surface area contributed by atoms with Gasteiger partial charge in [-0.2, -0.15) is 19.9 Å². The van der Waals surface area contributed by atoms with Crippen LogP contribution in [0.5, 0.6) is 0 Å². The summed E-state index contributed by atoms with van der Waals surface area (Å²) in [5.74, 6) is 1.19. The number of imidazole rings is 2. The van der Waals surface area contributed by atoms with Gasteiger partial charge in [0.25, 0.3) is 0 Å². The average molecular weight is 864 g/mol. The van der Waals surface area contributed by atoms with Crippen molar-refractivity contribution in [3.8, 4) is 0 Å². The molecular formula is C37H42Br2ClN13. The van der Waals surface area contributed by atoms with Crippen LogP contribution < -0.4 is 16.4 Å². The zero-order valence-corrected chi connectivity index (χ0v) is 33.6. The van der Waals surface area contributed by atoms with Crippen LogP contribution in [0.15, 0.2) is 58.0 Å². The molecule has 0 amide bonds. The SMILES string of the molecule is CN1CCC2(CC1)CN(c1nc(N)nc3nc[nH]c13)c1cc(Br)ccc12.CN1CCC2(CCc3cc(Br)ccc32)CC1.Nc1nc(Cl)c2[nH]cnc2n1. The molecule has 4 aromatic heterocycles. The molecular weight excluding hydrogens is 822 g/mol. The number of fused-ring (bicyclic) bond motifs is 6. The number of nitrogen functional groups attached to an aromatic ring is 2. The Balaban J connectivity index is 0.000000126. The van der Waals surface area contributed by atoms with Gasteiger partial charge in [-0.05, 0) is 125 Å². The maximum absolute atomic E-state index is 5.97. The first-order chi connectivity index (χ1) is 25.5. The van der Waals surface area contributed by atoms with E-state index in [-0.39, 0.29) is 17.3 Å². The molecule has 10 rings (SSSR count). The molecule has 3 aliphatic heterocycles. The minimum atomic E-state index is 0.134. The lowest BCUT2D eigenvalue weighted by Crippen LogP contribution is -2.43. The van der Waals surface area contributed by atoms with Crippen LogP contribution in [0.1, 0.15) is 48.8 Å². The summed E-state index contributed by atoms with van der Waals surface area (Å²) in [6, 6.07) is 13.5. The fraction of sp³-hybridized carbons (Fsp3) is 0.405. The Kier molecular flexibility index (Phi) is 9.81. The molecule has 1 aliphatic carbocycles. The molecule has 0 bridgehead atoms. The summed E-state index contributed by atoms with van der Waals surface area (Å²) in [7, 11) is 4.44. The lowest BCUT2D eigenvalue weighted by molar-refractivity contribution is 0.187. The van der Waals surface area contributed by atoms with Crippen molar-refractivity contribution in [2.75, 3.05) is 63.2 Å². The van der Waals surface area contributed by atoms with E-state index in [1.165, 1.54) is 60.8 Å². The number of hydrogen-bond acceptors (Lipinski definition) is 11. The quantitative estimate of drug-likeness (QED) is 0.129. The summed E-state index contributed by atoms with van der Waals surface area (Å²) in [6.07, 6.45) is 10.8. The molecule has 4 aliphatic rings. The number of likely N-dealkylation sites (tertiary alicyclic amines) is 2. The highest BCUT2D eigenvalue weighted by atomic mass is 79.9. The van der Waals surface area contributed by atoms with Gasteiger partial charge in [0.05, 0.1) is 12.7 Å². The molecule has 6 aromatic rings. The molecule has 0 saturated carbocycles. The molecule has 2 fully saturated rings. The number of aryl methyl sites for hydroxylation is 1. The topological polar surface area (TPSA) is 171 Å². The van der Waals surface area contributed by atoms with Gasteiger partial charge in [0.2, 0.25) is 11.9 Å². The van der Waals surface area contributed by atoms with E-state index in [0.29, 0.717) is 27.4 Å². The maximum Gasteiger partial charge on any atom is 0.224 e. The number of rotatable bonds is 1. The molecule has 2 spiro atoms. The summed E-state index contributed by atoms with van der Waals surface area (Å²) in [6.45, 7) is 5.63. The smallest absolute Gasteiger partial charge is 0.224 e. The fourth-order valence-electron chi connectivity index (χ4n) is 8.52. The Labute approximate surface area is 329 Å². The molecule has 53 heavy (non-hydrogen) atoms. The minimum Gasteiger partial charge on any atom is -0.368 e. The van der Waals surface area contributed by atoms with Crippen LogP contribution in [0.2, 0.25) is 5.15 Å². The summed E-state index contributed by atoms with van der Waals surface area (Å²) >= 11 is 12.9. The number of nitrogens with zero attached hydrogens (tertiary/aromatic N) is 9. The van der Waals surface area contributed by atoms with Gasteiger partial charge in [0.15, 0.2) is 22.3 Å². The number of hydrogen-bond donors (Lipinski definition) is 4. The van der Waals surface area contributed by atoms with E-state index < -0.39 is 0 Å². The maximum atomic E-state index is 5.97. The molecule has 6 N–H and O–H groups in total. The van der Waals surface area contributed by atoms with Crippen molar-refractivity contribution >= 4 is 89.2 Å². The first-order valence-corrected chi connectivity index (χ1v) is 19.8. The second-order valence-corrected chi connectivity index (χ2v) is 16.9. The van der Waals surface area contributed by atoms with Gasteiger partial charge in [-0.3, -0.25) is 0 Å². The first-order valence-electron chi connectivity index (χ1n) is 17.8.